The maximum absolute atomic E-state index is 14.0. The van der Waals surface area contributed by atoms with Crippen LogP contribution in [0, 0.1) is 12.7 Å². The first-order chi connectivity index (χ1) is 15.3. The number of hydrogen-bond donors (Lipinski definition) is 2. The molecule has 0 saturated carbocycles. The third-order valence-electron chi connectivity index (χ3n) is 5.87. The molecule has 1 aliphatic rings. The quantitative estimate of drug-likeness (QED) is 0.484. The fourth-order valence-corrected chi connectivity index (χ4v) is 4.27. The molecule has 1 fully saturated rings. The molecule has 3 aromatic heterocycles. The minimum atomic E-state index is -0.737. The van der Waals surface area contributed by atoms with Crippen molar-refractivity contribution in [2.75, 3.05) is 30.4 Å². The predicted molar refractivity (Wildman–Crippen MR) is 120 cm³/mol. The zero-order chi connectivity index (χ0) is 22.6. The Balaban J connectivity index is 1.57. The van der Waals surface area contributed by atoms with E-state index in [0.717, 1.165) is 22.9 Å². The molecule has 0 aliphatic carbocycles. The van der Waals surface area contributed by atoms with Crippen LogP contribution in [0.2, 0.25) is 0 Å². The van der Waals surface area contributed by atoms with E-state index < -0.39 is 5.60 Å². The SMILES string of the molecule is COc1nc2c(C)nnc(N[C@H](C)c3cccc4c(F)coc34)c2cc1N1CC(C)(O)C1. The van der Waals surface area contributed by atoms with E-state index in [2.05, 4.69) is 20.5 Å². The van der Waals surface area contributed by atoms with Gasteiger partial charge in [-0.3, -0.25) is 0 Å². The number of nitrogens with zero attached hydrogens (tertiary/aromatic N) is 4. The molecule has 5 rings (SSSR count). The van der Waals surface area contributed by atoms with Gasteiger partial charge in [-0.05, 0) is 32.9 Å². The molecule has 1 aliphatic heterocycles. The second kappa shape index (κ2) is 7.30. The summed E-state index contributed by atoms with van der Waals surface area (Å²) in [6.45, 7) is 6.56. The van der Waals surface area contributed by atoms with Gasteiger partial charge in [0.05, 0.1) is 29.8 Å². The Bertz CT molecular complexity index is 1330. The summed E-state index contributed by atoms with van der Waals surface area (Å²) >= 11 is 0. The fraction of sp³-hybridized carbons (Fsp3) is 0.348. The van der Waals surface area contributed by atoms with Crippen molar-refractivity contribution >= 4 is 33.4 Å². The van der Waals surface area contributed by atoms with Crippen molar-refractivity contribution in [3.8, 4) is 5.88 Å². The number of β-amino-alcohol motifs (C(OH)–C–C–N with tert-alkyl or cyclic N) is 1. The van der Waals surface area contributed by atoms with Gasteiger partial charge in [-0.2, -0.15) is 5.10 Å². The Labute approximate surface area is 184 Å². The number of benzene rings is 1. The normalized spacial score (nSPS) is 16.2. The number of rotatable bonds is 5. The summed E-state index contributed by atoms with van der Waals surface area (Å²) < 4.78 is 25.0. The van der Waals surface area contributed by atoms with Gasteiger partial charge in [0.2, 0.25) is 5.88 Å². The predicted octanol–water partition coefficient (Wildman–Crippen LogP) is 3.97. The minimum absolute atomic E-state index is 0.236. The molecular weight excluding hydrogens is 413 g/mol. The molecule has 1 aromatic carbocycles. The number of fused-ring (bicyclic) bond motifs is 2. The van der Waals surface area contributed by atoms with Crippen LogP contribution in [-0.4, -0.2) is 46.1 Å². The average Bonchev–Trinajstić information content (AvgIpc) is 3.14. The Morgan fingerprint density at radius 3 is 2.78 bits per heavy atom. The Morgan fingerprint density at radius 2 is 2.06 bits per heavy atom. The number of hydrogen-bond acceptors (Lipinski definition) is 8. The number of aliphatic hydroxyl groups is 1. The monoisotopic (exact) mass is 437 g/mol. The number of para-hydroxylation sites is 1. The smallest absolute Gasteiger partial charge is 0.237 e. The van der Waals surface area contributed by atoms with Crippen LogP contribution >= 0.6 is 0 Å². The first-order valence-electron chi connectivity index (χ1n) is 10.4. The summed E-state index contributed by atoms with van der Waals surface area (Å²) in [4.78, 5) is 6.70. The number of furan rings is 1. The molecule has 1 atom stereocenters. The highest BCUT2D eigenvalue weighted by Gasteiger charge is 2.38. The summed E-state index contributed by atoms with van der Waals surface area (Å²) in [5.74, 6) is 0.630. The van der Waals surface area contributed by atoms with E-state index in [9.17, 15) is 9.50 Å². The van der Waals surface area contributed by atoms with Gasteiger partial charge < -0.3 is 24.5 Å². The zero-order valence-corrected chi connectivity index (χ0v) is 18.3. The van der Waals surface area contributed by atoms with E-state index in [4.69, 9.17) is 9.15 Å². The largest absolute Gasteiger partial charge is 0.480 e. The molecule has 8 nitrogen and oxygen atoms in total. The number of aromatic nitrogens is 3. The summed E-state index contributed by atoms with van der Waals surface area (Å²) in [5, 5.41) is 23.4. The van der Waals surface area contributed by atoms with E-state index in [1.165, 1.54) is 0 Å². The van der Waals surface area contributed by atoms with Gasteiger partial charge in [0.1, 0.15) is 23.1 Å². The molecule has 166 valence electrons. The third kappa shape index (κ3) is 3.29. The van der Waals surface area contributed by atoms with E-state index in [0.29, 0.717) is 47.0 Å². The van der Waals surface area contributed by atoms with Crippen LogP contribution in [0.4, 0.5) is 15.9 Å². The van der Waals surface area contributed by atoms with E-state index in [-0.39, 0.29) is 11.9 Å². The van der Waals surface area contributed by atoms with E-state index in [1.807, 2.05) is 30.9 Å². The van der Waals surface area contributed by atoms with Gasteiger partial charge in [-0.15, -0.1) is 5.10 Å². The summed E-state index contributed by atoms with van der Waals surface area (Å²) in [6.07, 6.45) is 1.12. The van der Waals surface area contributed by atoms with Crippen LogP contribution in [-0.2, 0) is 0 Å². The Morgan fingerprint density at radius 1 is 1.28 bits per heavy atom. The van der Waals surface area contributed by atoms with Crippen LogP contribution < -0.4 is 15.0 Å². The maximum atomic E-state index is 14.0. The maximum Gasteiger partial charge on any atom is 0.237 e. The molecule has 4 aromatic rings. The zero-order valence-electron chi connectivity index (χ0n) is 18.3. The van der Waals surface area contributed by atoms with E-state index >= 15 is 0 Å². The lowest BCUT2D eigenvalue weighted by Gasteiger charge is -2.45. The lowest BCUT2D eigenvalue weighted by molar-refractivity contribution is 0.0307. The summed E-state index contributed by atoms with van der Waals surface area (Å²) in [6, 6.07) is 7.10. The molecular formula is C23H24FN5O3. The molecule has 0 spiro atoms. The number of ether oxygens (including phenoxy) is 1. The van der Waals surface area contributed by atoms with E-state index in [1.54, 1.807) is 26.2 Å². The number of aryl methyl sites for hydroxylation is 1. The Hall–Kier alpha value is -3.46. The number of methoxy groups -OCH3 is 1. The van der Waals surface area contributed by atoms with Crippen LogP contribution in [0.15, 0.2) is 34.9 Å². The van der Waals surface area contributed by atoms with Crippen molar-refractivity contribution in [2.24, 2.45) is 0 Å². The first-order valence-corrected chi connectivity index (χ1v) is 10.4. The first kappa shape index (κ1) is 20.4. The standard InChI is InChI=1S/C23H24FN5O3/c1-12(14-6-5-7-15-17(24)9-32-20(14)15)25-21-16-8-18(29-10-23(3,30)11-29)22(31-4)26-19(16)13(2)27-28-21/h5-9,12,30H,10-11H2,1-4H3,(H,25,28)/t12-/m1/s1. The minimum Gasteiger partial charge on any atom is -0.480 e. The van der Waals surface area contributed by atoms with Gasteiger partial charge >= 0.3 is 0 Å². The van der Waals surface area contributed by atoms with Crippen molar-refractivity contribution in [3.63, 3.8) is 0 Å². The topological polar surface area (TPSA) is 96.5 Å². The van der Waals surface area contributed by atoms with Crippen LogP contribution in [0.5, 0.6) is 5.88 Å². The van der Waals surface area contributed by atoms with Crippen molar-refractivity contribution in [3.05, 3.63) is 47.6 Å². The molecule has 2 N–H and O–H groups in total. The number of nitrogens with one attached hydrogen (secondary N) is 1. The second-order valence-electron chi connectivity index (χ2n) is 8.57. The van der Waals surface area contributed by atoms with Crippen LogP contribution in [0.3, 0.4) is 0 Å². The molecule has 1 saturated heterocycles. The second-order valence-corrected chi connectivity index (χ2v) is 8.57. The van der Waals surface area contributed by atoms with Crippen LogP contribution in [0.25, 0.3) is 21.9 Å². The van der Waals surface area contributed by atoms with Crippen molar-refractivity contribution < 1.29 is 18.7 Å². The highest BCUT2D eigenvalue weighted by Crippen LogP contribution is 2.38. The Kier molecular flexibility index (Phi) is 4.67. The van der Waals surface area contributed by atoms with Gasteiger partial charge in [0.25, 0.3) is 0 Å². The third-order valence-corrected chi connectivity index (χ3v) is 5.87. The highest BCUT2D eigenvalue weighted by atomic mass is 19.1. The summed E-state index contributed by atoms with van der Waals surface area (Å²) in [7, 11) is 1.57. The molecule has 0 bridgehead atoms. The molecule has 9 heteroatoms. The lowest BCUT2D eigenvalue weighted by Crippen LogP contribution is -2.60. The van der Waals surface area contributed by atoms with Crippen molar-refractivity contribution in [2.45, 2.75) is 32.4 Å². The highest BCUT2D eigenvalue weighted by molar-refractivity contribution is 5.94. The molecule has 4 heterocycles. The molecule has 32 heavy (non-hydrogen) atoms. The molecule has 0 unspecified atom stereocenters. The van der Waals surface area contributed by atoms with Gasteiger partial charge in [0.15, 0.2) is 11.6 Å². The average molecular weight is 437 g/mol. The molecule has 0 radical (unpaired) electrons. The van der Waals surface area contributed by atoms with Crippen molar-refractivity contribution in [1.82, 2.24) is 15.2 Å². The van der Waals surface area contributed by atoms with Gasteiger partial charge in [-0.1, -0.05) is 12.1 Å². The van der Waals surface area contributed by atoms with Crippen molar-refractivity contribution in [1.29, 1.82) is 0 Å². The fourth-order valence-electron chi connectivity index (χ4n) is 4.27. The van der Waals surface area contributed by atoms with Gasteiger partial charge in [-0.25, -0.2) is 9.37 Å². The lowest BCUT2D eigenvalue weighted by atomic mass is 9.96. The molecule has 0 amide bonds. The number of pyridine rings is 1. The number of anilines is 2. The summed E-state index contributed by atoms with van der Waals surface area (Å²) in [5.41, 5.74) is 2.70. The van der Waals surface area contributed by atoms with Gasteiger partial charge in [0, 0.05) is 24.0 Å². The van der Waals surface area contributed by atoms with Crippen LogP contribution in [0.1, 0.15) is 31.1 Å². The number of halogens is 1.